The molecule has 1 aliphatic rings. The van der Waals surface area contributed by atoms with Crippen molar-refractivity contribution in [1.29, 1.82) is 0 Å². The van der Waals surface area contributed by atoms with Crippen LogP contribution in [0.25, 0.3) is 34.2 Å². The van der Waals surface area contributed by atoms with Crippen molar-refractivity contribution in [1.82, 2.24) is 9.97 Å². The molecule has 2 unspecified atom stereocenters. The van der Waals surface area contributed by atoms with Crippen molar-refractivity contribution >= 4 is 76.2 Å². The van der Waals surface area contributed by atoms with Crippen LogP contribution in [-0.4, -0.2) is 52.0 Å². The Kier molecular flexibility index (Phi) is 13.5. The number of carbonyl (C=O) groups excluding carboxylic acids is 2. The van der Waals surface area contributed by atoms with Gasteiger partial charge in [-0.15, -0.1) is 0 Å². The molecule has 2 amide bonds. The number of anilines is 3. The molecular weight excluding hydrogens is 675 g/mol. The molecule has 12 heteroatoms. The summed E-state index contributed by atoms with van der Waals surface area (Å²) in [5.74, 6) is 2.41. The summed E-state index contributed by atoms with van der Waals surface area (Å²) in [6.07, 6.45) is 8.81. The van der Waals surface area contributed by atoms with Gasteiger partial charge in [-0.3, -0.25) is 9.59 Å². The van der Waals surface area contributed by atoms with E-state index in [1.807, 2.05) is 54.6 Å². The van der Waals surface area contributed by atoms with Crippen molar-refractivity contribution in [2.24, 2.45) is 17.6 Å². The predicted octanol–water partition coefficient (Wildman–Crippen LogP) is 6.58. The van der Waals surface area contributed by atoms with Gasteiger partial charge >= 0.3 is 7.12 Å². The van der Waals surface area contributed by atoms with Crippen molar-refractivity contribution in [2.45, 2.75) is 39.5 Å². The second kappa shape index (κ2) is 18.4. The quantitative estimate of drug-likeness (QED) is 0.0883. The fourth-order valence-corrected chi connectivity index (χ4v) is 6.46. The maximum Gasteiger partial charge on any atom is 0.488 e. The van der Waals surface area contributed by atoms with Crippen LogP contribution in [0.4, 0.5) is 17.2 Å². The molecule has 0 spiro atoms. The van der Waals surface area contributed by atoms with E-state index in [4.69, 9.17) is 37.4 Å². The molecule has 5 aromatic rings. The number of nitrogens with one attached hydrogen (secondary N) is 3. The minimum absolute atomic E-state index is 0.0848. The smallest absolute Gasteiger partial charge is 0.423 e. The second-order valence-corrected chi connectivity index (χ2v) is 13.4. The third-order valence-corrected chi connectivity index (χ3v) is 9.05. The van der Waals surface area contributed by atoms with Crippen LogP contribution in [0.1, 0.15) is 50.9 Å². The summed E-state index contributed by atoms with van der Waals surface area (Å²) >= 11 is 6.30. The number of hydrogen-bond donors (Lipinski definition) is 6. The molecule has 0 saturated heterocycles. The predicted molar refractivity (Wildman–Crippen MR) is 213 cm³/mol. The van der Waals surface area contributed by atoms with Crippen molar-refractivity contribution in [3.05, 3.63) is 107 Å². The molecule has 2 atom stereocenters. The zero-order valence-corrected chi connectivity index (χ0v) is 30.1. The van der Waals surface area contributed by atoms with Gasteiger partial charge in [0.05, 0.1) is 5.52 Å². The molecule has 268 valence electrons. The van der Waals surface area contributed by atoms with Crippen LogP contribution >= 0.6 is 11.6 Å². The summed E-state index contributed by atoms with van der Waals surface area (Å²) in [6.45, 7) is 4.54. The number of nitrogens with zero attached hydrogens (tertiary/aromatic N) is 2. The first kappa shape index (κ1) is 38.2. The molecule has 1 fully saturated rings. The topological polar surface area (TPSA) is 162 Å². The minimum atomic E-state index is -1.51. The molecule has 52 heavy (non-hydrogen) atoms. The van der Waals surface area contributed by atoms with E-state index < -0.39 is 7.12 Å². The van der Waals surface area contributed by atoms with Gasteiger partial charge in [0.25, 0.3) is 0 Å². The lowest BCUT2D eigenvalue weighted by molar-refractivity contribution is -0.115. The molecule has 1 aliphatic carbocycles. The number of rotatable bonds is 10. The normalized spacial score (nSPS) is 15.4. The van der Waals surface area contributed by atoms with Gasteiger partial charge in [0.15, 0.2) is 5.82 Å². The number of nitrogens with two attached hydrogens (primary N) is 1. The molecule has 7 N–H and O–H groups in total. The van der Waals surface area contributed by atoms with E-state index >= 15 is 0 Å². The lowest BCUT2D eigenvalue weighted by Gasteiger charge is -2.28. The van der Waals surface area contributed by atoms with E-state index in [-0.39, 0.29) is 11.8 Å². The monoisotopic (exact) mass is 718 g/mol. The Balaban J connectivity index is 0.000000340. The molecule has 6 rings (SSSR count). The van der Waals surface area contributed by atoms with E-state index in [0.717, 1.165) is 52.2 Å². The number of amides is 2. The van der Waals surface area contributed by atoms with Crippen molar-refractivity contribution in [3.8, 4) is 11.1 Å². The van der Waals surface area contributed by atoms with Gasteiger partial charge in [0, 0.05) is 42.2 Å². The summed E-state index contributed by atoms with van der Waals surface area (Å²) in [6, 6.07) is 28.2. The van der Waals surface area contributed by atoms with E-state index in [9.17, 15) is 9.59 Å². The molecule has 0 radical (unpaired) electrons. The Morgan fingerprint density at radius 2 is 1.54 bits per heavy atom. The number of benzene rings is 4. The Morgan fingerprint density at radius 1 is 0.846 bits per heavy atom. The highest BCUT2D eigenvalue weighted by Crippen LogP contribution is 2.30. The lowest BCUT2D eigenvalue weighted by Crippen LogP contribution is -2.29. The summed E-state index contributed by atoms with van der Waals surface area (Å²) < 4.78 is 0. The van der Waals surface area contributed by atoms with Crippen molar-refractivity contribution in [2.75, 3.05) is 29.0 Å². The van der Waals surface area contributed by atoms with Crippen molar-refractivity contribution in [3.63, 3.8) is 0 Å². The second-order valence-electron chi connectivity index (χ2n) is 13.0. The van der Waals surface area contributed by atoms with Crippen LogP contribution in [0.5, 0.6) is 0 Å². The van der Waals surface area contributed by atoms with Crippen LogP contribution in [0, 0.1) is 11.8 Å². The van der Waals surface area contributed by atoms with Gasteiger partial charge in [-0.05, 0) is 108 Å². The Morgan fingerprint density at radius 3 is 2.23 bits per heavy atom. The van der Waals surface area contributed by atoms with E-state index in [1.165, 1.54) is 45.6 Å². The first-order chi connectivity index (χ1) is 25.1. The van der Waals surface area contributed by atoms with Gasteiger partial charge in [-0.25, -0.2) is 9.97 Å². The van der Waals surface area contributed by atoms with Gasteiger partial charge in [0.1, 0.15) is 5.82 Å². The Bertz CT molecular complexity index is 2020. The molecule has 1 aromatic heterocycles. The van der Waals surface area contributed by atoms with Crippen LogP contribution in [0.3, 0.4) is 0 Å². The third kappa shape index (κ3) is 11.2. The average molecular weight is 719 g/mol. The fourth-order valence-electron chi connectivity index (χ4n) is 6.29. The molecular formula is C40H44BClN6O4. The largest absolute Gasteiger partial charge is 0.488 e. The SMILES string of the molecule is CC(=O)Nc1cccc(-c2ccc(/C=C/c3nc(NCC4CCCC(CN)C4)c4ccc(Cl)cc4n3)cc2)c1.CC(=O)Nc1cccc(B(O)O)c1. The summed E-state index contributed by atoms with van der Waals surface area (Å²) in [4.78, 5) is 31.7. The van der Waals surface area contributed by atoms with E-state index in [1.54, 1.807) is 18.2 Å². The molecule has 10 nitrogen and oxygen atoms in total. The molecule has 1 heterocycles. The first-order valence-electron chi connectivity index (χ1n) is 17.4. The summed E-state index contributed by atoms with van der Waals surface area (Å²) in [5, 5.41) is 28.2. The highest BCUT2D eigenvalue weighted by molar-refractivity contribution is 6.58. The Labute approximate surface area is 309 Å². The Hall–Kier alpha value is -5.07. The number of hydrogen-bond acceptors (Lipinski definition) is 8. The first-order valence-corrected chi connectivity index (χ1v) is 17.7. The number of aromatic nitrogens is 2. The van der Waals surface area contributed by atoms with Crippen LogP contribution < -0.4 is 27.1 Å². The van der Waals surface area contributed by atoms with Crippen LogP contribution in [0.15, 0.2) is 91.0 Å². The zero-order valence-electron chi connectivity index (χ0n) is 29.4. The van der Waals surface area contributed by atoms with E-state index in [0.29, 0.717) is 33.8 Å². The number of carbonyl (C=O) groups is 2. The van der Waals surface area contributed by atoms with Crippen LogP contribution in [0.2, 0.25) is 5.02 Å². The fraction of sp³-hybridized carbons (Fsp3) is 0.250. The van der Waals surface area contributed by atoms with Gasteiger partial charge in [0.2, 0.25) is 11.8 Å². The van der Waals surface area contributed by atoms with Crippen molar-refractivity contribution < 1.29 is 19.6 Å². The zero-order chi connectivity index (χ0) is 37.0. The lowest BCUT2D eigenvalue weighted by atomic mass is 9.80. The maximum absolute atomic E-state index is 11.4. The molecule has 0 bridgehead atoms. The third-order valence-electron chi connectivity index (χ3n) is 8.82. The average Bonchev–Trinajstić information content (AvgIpc) is 3.13. The molecule has 0 aliphatic heterocycles. The van der Waals surface area contributed by atoms with Gasteiger partial charge in [-0.2, -0.15) is 0 Å². The molecule has 1 saturated carbocycles. The standard InChI is InChI=1S/C32H34ClN5O.C8H10BNO3/c1-21(39)36-28-7-3-6-26(17-28)25-11-8-22(9-12-25)10-15-31-37-30-18-27(33)13-14-29(30)32(38-31)35-20-24-5-2-4-23(16-24)19-34;1-6(11)10-8-4-2-3-7(5-8)9(12)13/h3,6-15,17-18,23-24H,2,4-5,16,19-20,34H2,1H3,(H,36,39)(H,35,37,38);2-5,12-13H,1H3,(H,10,11)/b15-10+;. The van der Waals surface area contributed by atoms with E-state index in [2.05, 4.69) is 40.2 Å². The molecule has 4 aromatic carbocycles. The minimum Gasteiger partial charge on any atom is -0.423 e. The highest BCUT2D eigenvalue weighted by Gasteiger charge is 2.21. The van der Waals surface area contributed by atoms with Gasteiger partial charge in [-0.1, -0.05) is 72.6 Å². The number of halogens is 1. The van der Waals surface area contributed by atoms with Gasteiger partial charge < -0.3 is 31.7 Å². The maximum atomic E-state index is 11.4. The van der Waals surface area contributed by atoms with Crippen LogP contribution in [-0.2, 0) is 9.59 Å². The summed E-state index contributed by atoms with van der Waals surface area (Å²) in [7, 11) is -1.51. The number of fused-ring (bicyclic) bond motifs is 1. The summed E-state index contributed by atoms with van der Waals surface area (Å²) in [5.41, 5.74) is 11.6. The highest BCUT2D eigenvalue weighted by atomic mass is 35.5.